The van der Waals surface area contributed by atoms with E-state index in [9.17, 15) is 0 Å². The third kappa shape index (κ3) is 3.02. The normalized spacial score (nSPS) is 12.7. The molecule has 1 atom stereocenters. The summed E-state index contributed by atoms with van der Waals surface area (Å²) in [5, 5.41) is 5.13. The summed E-state index contributed by atoms with van der Waals surface area (Å²) in [5.74, 6) is 0. The maximum atomic E-state index is 6.32. The van der Waals surface area contributed by atoms with Crippen molar-refractivity contribution in [3.63, 3.8) is 0 Å². The van der Waals surface area contributed by atoms with Crippen molar-refractivity contribution in [3.8, 4) is 0 Å². The Labute approximate surface area is 126 Å². The Morgan fingerprint density at radius 2 is 2.11 bits per heavy atom. The molecule has 0 saturated heterocycles. The highest BCUT2D eigenvalue weighted by molar-refractivity contribution is 9.10. The van der Waals surface area contributed by atoms with Crippen LogP contribution in [0.1, 0.15) is 28.6 Å². The first-order valence-corrected chi connectivity index (χ1v) is 7.27. The Balaban J connectivity index is 2.28. The van der Waals surface area contributed by atoms with Crippen LogP contribution in [0.25, 0.3) is 0 Å². The van der Waals surface area contributed by atoms with Gasteiger partial charge in [-0.1, -0.05) is 17.7 Å². The molecule has 1 heterocycles. The van der Waals surface area contributed by atoms with Crippen LogP contribution >= 0.6 is 27.5 Å². The van der Waals surface area contributed by atoms with Crippen LogP contribution in [0.4, 0.5) is 0 Å². The van der Waals surface area contributed by atoms with Gasteiger partial charge in [0.1, 0.15) is 0 Å². The molecule has 0 aliphatic heterocycles. The zero-order chi connectivity index (χ0) is 14.2. The van der Waals surface area contributed by atoms with Gasteiger partial charge in [0.15, 0.2) is 0 Å². The van der Waals surface area contributed by atoms with Crippen LogP contribution in [-0.2, 0) is 13.5 Å². The highest BCUT2D eigenvalue weighted by atomic mass is 79.9. The Morgan fingerprint density at radius 3 is 2.63 bits per heavy atom. The number of nitrogens with two attached hydrogens (primary N) is 1. The fourth-order valence-electron chi connectivity index (χ4n) is 2.28. The van der Waals surface area contributed by atoms with Crippen molar-refractivity contribution >= 4 is 27.5 Å². The standard InChI is InChI=1S/C14H17BrClN3/c1-8-6-10(16)4-5-11(8)12(17)7-13-14(15)9(2)18-19(13)3/h4-6,12H,7,17H2,1-3H3. The fourth-order valence-corrected chi connectivity index (χ4v) is 3.00. The lowest BCUT2D eigenvalue weighted by atomic mass is 9.98. The Hall–Kier alpha value is -0.840. The Morgan fingerprint density at radius 1 is 1.42 bits per heavy atom. The third-order valence-corrected chi connectivity index (χ3v) is 4.57. The summed E-state index contributed by atoms with van der Waals surface area (Å²) in [7, 11) is 1.94. The summed E-state index contributed by atoms with van der Waals surface area (Å²) in [6.07, 6.45) is 0.737. The third-order valence-electron chi connectivity index (χ3n) is 3.31. The first-order chi connectivity index (χ1) is 8.90. The highest BCUT2D eigenvalue weighted by Gasteiger charge is 2.16. The number of nitrogens with zero attached hydrogens (tertiary/aromatic N) is 2. The Kier molecular flexibility index (Phi) is 4.33. The molecule has 0 aliphatic rings. The fraction of sp³-hybridized carbons (Fsp3) is 0.357. The second-order valence-electron chi connectivity index (χ2n) is 4.78. The predicted molar refractivity (Wildman–Crippen MR) is 82.5 cm³/mol. The minimum atomic E-state index is -0.0663. The average molecular weight is 343 g/mol. The van der Waals surface area contributed by atoms with E-state index in [1.807, 2.05) is 43.8 Å². The van der Waals surface area contributed by atoms with Crippen molar-refractivity contribution in [2.75, 3.05) is 0 Å². The molecule has 0 radical (unpaired) electrons. The molecular formula is C14H17BrClN3. The molecule has 2 N–H and O–H groups in total. The van der Waals surface area contributed by atoms with Crippen molar-refractivity contribution in [1.29, 1.82) is 0 Å². The van der Waals surface area contributed by atoms with Crippen LogP contribution < -0.4 is 5.73 Å². The molecule has 102 valence electrons. The van der Waals surface area contributed by atoms with Gasteiger partial charge in [-0.25, -0.2) is 0 Å². The molecule has 0 fully saturated rings. The summed E-state index contributed by atoms with van der Waals surface area (Å²) in [6, 6.07) is 5.76. The van der Waals surface area contributed by atoms with E-state index in [0.29, 0.717) is 0 Å². The minimum Gasteiger partial charge on any atom is -0.324 e. The molecule has 0 aliphatic carbocycles. The van der Waals surface area contributed by atoms with E-state index in [1.54, 1.807) is 0 Å². The van der Waals surface area contributed by atoms with E-state index >= 15 is 0 Å². The van der Waals surface area contributed by atoms with E-state index in [4.69, 9.17) is 17.3 Å². The van der Waals surface area contributed by atoms with E-state index in [-0.39, 0.29) is 6.04 Å². The van der Waals surface area contributed by atoms with Crippen molar-refractivity contribution in [1.82, 2.24) is 9.78 Å². The maximum absolute atomic E-state index is 6.32. The summed E-state index contributed by atoms with van der Waals surface area (Å²) in [4.78, 5) is 0. The van der Waals surface area contributed by atoms with Crippen molar-refractivity contribution in [2.45, 2.75) is 26.3 Å². The quantitative estimate of drug-likeness (QED) is 0.924. The first-order valence-electron chi connectivity index (χ1n) is 6.09. The van der Waals surface area contributed by atoms with Crippen molar-refractivity contribution in [2.24, 2.45) is 12.8 Å². The van der Waals surface area contributed by atoms with Gasteiger partial charge >= 0.3 is 0 Å². The van der Waals surface area contributed by atoms with Gasteiger partial charge < -0.3 is 5.73 Å². The molecule has 1 aromatic carbocycles. The molecule has 0 spiro atoms. The summed E-state index contributed by atoms with van der Waals surface area (Å²) in [5.41, 5.74) is 10.7. The van der Waals surface area contributed by atoms with E-state index in [2.05, 4.69) is 21.0 Å². The van der Waals surface area contributed by atoms with Crippen LogP contribution in [0.5, 0.6) is 0 Å². The number of halogens is 2. The van der Waals surface area contributed by atoms with E-state index in [1.165, 1.54) is 0 Å². The zero-order valence-corrected chi connectivity index (χ0v) is 13.6. The SMILES string of the molecule is Cc1cc(Cl)ccc1C(N)Cc1c(Br)c(C)nn1C. The predicted octanol–water partition coefficient (Wildman–Crippen LogP) is 3.70. The summed E-state index contributed by atoms with van der Waals surface area (Å²) >= 11 is 9.55. The topological polar surface area (TPSA) is 43.8 Å². The number of rotatable bonds is 3. The van der Waals surface area contributed by atoms with Crippen molar-refractivity contribution < 1.29 is 0 Å². The monoisotopic (exact) mass is 341 g/mol. The van der Waals surface area contributed by atoms with Crippen LogP contribution in [-0.4, -0.2) is 9.78 Å². The van der Waals surface area contributed by atoms with Gasteiger partial charge in [0.05, 0.1) is 15.9 Å². The number of benzene rings is 1. The molecule has 2 rings (SSSR count). The van der Waals surface area contributed by atoms with Gasteiger partial charge in [-0.3, -0.25) is 4.68 Å². The lowest BCUT2D eigenvalue weighted by molar-refractivity contribution is 0.636. The van der Waals surface area contributed by atoms with Gasteiger partial charge in [0.2, 0.25) is 0 Å². The molecule has 1 aromatic heterocycles. The molecule has 3 nitrogen and oxygen atoms in total. The van der Waals surface area contributed by atoms with Gasteiger partial charge in [-0.05, 0) is 53.0 Å². The van der Waals surface area contributed by atoms with Crippen LogP contribution in [0, 0.1) is 13.8 Å². The second kappa shape index (κ2) is 5.65. The van der Waals surface area contributed by atoms with Crippen LogP contribution in [0.2, 0.25) is 5.02 Å². The molecule has 0 bridgehead atoms. The number of hydrogen-bond donors (Lipinski definition) is 1. The number of aryl methyl sites for hydroxylation is 3. The molecule has 0 amide bonds. The number of hydrogen-bond acceptors (Lipinski definition) is 2. The largest absolute Gasteiger partial charge is 0.324 e. The first kappa shape index (κ1) is 14.6. The lowest BCUT2D eigenvalue weighted by Gasteiger charge is -2.15. The average Bonchev–Trinajstić information content (AvgIpc) is 2.56. The molecule has 5 heteroatoms. The second-order valence-corrected chi connectivity index (χ2v) is 6.01. The van der Waals surface area contributed by atoms with Crippen LogP contribution in [0.15, 0.2) is 22.7 Å². The molecule has 1 unspecified atom stereocenters. The van der Waals surface area contributed by atoms with E-state index < -0.39 is 0 Å². The van der Waals surface area contributed by atoms with Gasteiger partial charge in [0.25, 0.3) is 0 Å². The van der Waals surface area contributed by atoms with Gasteiger partial charge in [0, 0.05) is 24.5 Å². The van der Waals surface area contributed by atoms with Crippen LogP contribution in [0.3, 0.4) is 0 Å². The molecule has 19 heavy (non-hydrogen) atoms. The summed E-state index contributed by atoms with van der Waals surface area (Å²) < 4.78 is 2.92. The minimum absolute atomic E-state index is 0.0663. The molecule has 0 saturated carbocycles. The van der Waals surface area contributed by atoms with E-state index in [0.717, 1.165) is 38.4 Å². The van der Waals surface area contributed by atoms with Gasteiger partial charge in [-0.15, -0.1) is 0 Å². The smallest absolute Gasteiger partial charge is 0.0738 e. The summed E-state index contributed by atoms with van der Waals surface area (Å²) in [6.45, 7) is 4.01. The highest BCUT2D eigenvalue weighted by Crippen LogP contribution is 2.27. The molecular weight excluding hydrogens is 326 g/mol. The maximum Gasteiger partial charge on any atom is 0.0738 e. The number of aromatic nitrogens is 2. The zero-order valence-electron chi connectivity index (χ0n) is 11.2. The lowest BCUT2D eigenvalue weighted by Crippen LogP contribution is -2.16. The Bertz CT molecular complexity index is 607. The molecule has 2 aromatic rings. The van der Waals surface area contributed by atoms with Gasteiger partial charge in [-0.2, -0.15) is 5.10 Å². The van der Waals surface area contributed by atoms with Crippen molar-refractivity contribution in [3.05, 3.63) is 50.2 Å².